The number of methoxy groups -OCH3 is 1. The highest BCUT2D eigenvalue weighted by atomic mass is 32.2. The van der Waals surface area contributed by atoms with Crippen molar-refractivity contribution in [3.63, 3.8) is 0 Å². The van der Waals surface area contributed by atoms with E-state index >= 15 is 0 Å². The van der Waals surface area contributed by atoms with Crippen LogP contribution in [0.15, 0.2) is 29.2 Å². The molecule has 2 N–H and O–H groups in total. The van der Waals surface area contributed by atoms with Gasteiger partial charge in [-0.15, -0.1) is 0 Å². The van der Waals surface area contributed by atoms with Crippen LogP contribution in [0.3, 0.4) is 0 Å². The fourth-order valence-electron chi connectivity index (χ4n) is 2.39. The van der Waals surface area contributed by atoms with Gasteiger partial charge >= 0.3 is 0 Å². The third-order valence-electron chi connectivity index (χ3n) is 3.58. The summed E-state index contributed by atoms with van der Waals surface area (Å²) in [7, 11) is -1.76. The van der Waals surface area contributed by atoms with Crippen LogP contribution in [-0.2, 0) is 21.2 Å². The summed E-state index contributed by atoms with van der Waals surface area (Å²) in [5.74, 6) is 0. The van der Waals surface area contributed by atoms with E-state index in [1.54, 1.807) is 19.2 Å². The molecular weight excluding hydrogens is 276 g/mol. The first-order valence-corrected chi connectivity index (χ1v) is 8.31. The zero-order valence-corrected chi connectivity index (χ0v) is 12.6. The molecule has 20 heavy (non-hydrogen) atoms. The molecule has 0 aliphatic carbocycles. The Morgan fingerprint density at radius 1 is 1.35 bits per heavy atom. The van der Waals surface area contributed by atoms with Crippen LogP contribution >= 0.6 is 0 Å². The van der Waals surface area contributed by atoms with Gasteiger partial charge < -0.3 is 10.5 Å². The topological polar surface area (TPSA) is 72.6 Å². The van der Waals surface area contributed by atoms with Gasteiger partial charge in [0.05, 0.1) is 11.5 Å². The highest BCUT2D eigenvalue weighted by Crippen LogP contribution is 2.20. The predicted octanol–water partition coefficient (Wildman–Crippen LogP) is 0.987. The summed E-state index contributed by atoms with van der Waals surface area (Å²) >= 11 is 0. The third-order valence-corrected chi connectivity index (χ3v) is 5.46. The molecule has 1 aliphatic rings. The van der Waals surface area contributed by atoms with E-state index in [1.165, 1.54) is 4.31 Å². The zero-order chi connectivity index (χ0) is 14.6. The minimum atomic E-state index is -3.41. The number of nitrogens with zero attached hydrogens (tertiary/aromatic N) is 1. The average Bonchev–Trinajstić information content (AvgIpc) is 2.45. The van der Waals surface area contributed by atoms with E-state index in [9.17, 15) is 8.42 Å². The predicted molar refractivity (Wildman–Crippen MR) is 78.0 cm³/mol. The second-order valence-corrected chi connectivity index (χ2v) is 7.09. The van der Waals surface area contributed by atoms with Gasteiger partial charge in [-0.25, -0.2) is 8.42 Å². The van der Waals surface area contributed by atoms with Gasteiger partial charge in [0.1, 0.15) is 0 Å². The fourth-order valence-corrected chi connectivity index (χ4v) is 3.92. The van der Waals surface area contributed by atoms with Crippen molar-refractivity contribution < 1.29 is 13.2 Å². The number of piperidine rings is 1. The van der Waals surface area contributed by atoms with E-state index in [4.69, 9.17) is 10.5 Å². The molecule has 112 valence electrons. The molecule has 1 saturated heterocycles. The van der Waals surface area contributed by atoms with E-state index in [-0.39, 0.29) is 6.04 Å². The molecule has 1 unspecified atom stereocenters. The van der Waals surface area contributed by atoms with Crippen molar-refractivity contribution in [1.29, 1.82) is 0 Å². The largest absolute Gasteiger partial charge is 0.384 e. The maximum atomic E-state index is 12.5. The Bertz CT molecular complexity index is 528. The minimum absolute atomic E-state index is 0.0560. The van der Waals surface area contributed by atoms with Gasteiger partial charge in [-0.1, -0.05) is 12.1 Å². The molecule has 0 bridgehead atoms. The van der Waals surface area contributed by atoms with Crippen molar-refractivity contribution >= 4 is 10.0 Å². The summed E-state index contributed by atoms with van der Waals surface area (Å²) in [6, 6.07) is 6.96. The molecule has 5 nitrogen and oxygen atoms in total. The average molecular weight is 298 g/mol. The van der Waals surface area contributed by atoms with E-state index in [0.717, 1.165) is 24.8 Å². The van der Waals surface area contributed by atoms with Gasteiger partial charge in [0.2, 0.25) is 10.0 Å². The van der Waals surface area contributed by atoms with Crippen LogP contribution in [-0.4, -0.2) is 45.6 Å². The molecule has 1 fully saturated rings. The molecule has 1 heterocycles. The number of ether oxygens (including phenoxy) is 1. The summed E-state index contributed by atoms with van der Waals surface area (Å²) in [5.41, 5.74) is 6.93. The monoisotopic (exact) mass is 298 g/mol. The summed E-state index contributed by atoms with van der Waals surface area (Å²) in [6.45, 7) is 1.60. The van der Waals surface area contributed by atoms with Crippen LogP contribution < -0.4 is 5.73 Å². The first kappa shape index (κ1) is 15.4. The van der Waals surface area contributed by atoms with E-state index in [1.807, 2.05) is 12.1 Å². The Hall–Kier alpha value is -0.950. The number of sulfonamides is 1. The molecule has 0 spiro atoms. The maximum Gasteiger partial charge on any atom is 0.243 e. The van der Waals surface area contributed by atoms with Crippen LogP contribution in [0.4, 0.5) is 0 Å². The van der Waals surface area contributed by atoms with Crippen molar-refractivity contribution in [2.75, 3.05) is 26.8 Å². The van der Waals surface area contributed by atoms with Gasteiger partial charge in [-0.05, 0) is 37.0 Å². The highest BCUT2D eigenvalue weighted by molar-refractivity contribution is 7.89. The molecule has 1 aromatic carbocycles. The van der Waals surface area contributed by atoms with Gasteiger partial charge in [0.15, 0.2) is 0 Å². The van der Waals surface area contributed by atoms with Crippen LogP contribution in [0, 0.1) is 0 Å². The SMILES string of the molecule is COCCc1ccc(S(=O)(=O)N2CCCC(N)C2)cc1. The Morgan fingerprint density at radius 3 is 2.65 bits per heavy atom. The van der Waals surface area contributed by atoms with Crippen LogP contribution in [0.2, 0.25) is 0 Å². The maximum absolute atomic E-state index is 12.5. The van der Waals surface area contributed by atoms with E-state index in [0.29, 0.717) is 24.6 Å². The number of hydrogen-bond acceptors (Lipinski definition) is 4. The first-order valence-electron chi connectivity index (χ1n) is 6.87. The lowest BCUT2D eigenvalue weighted by Crippen LogP contribution is -2.45. The van der Waals surface area contributed by atoms with Crippen LogP contribution in [0.25, 0.3) is 0 Å². The lowest BCUT2D eigenvalue weighted by Gasteiger charge is -2.29. The second-order valence-electron chi connectivity index (χ2n) is 5.15. The number of hydrogen-bond donors (Lipinski definition) is 1. The van der Waals surface area contributed by atoms with Crippen molar-refractivity contribution in [3.8, 4) is 0 Å². The quantitative estimate of drug-likeness (QED) is 0.880. The van der Waals surface area contributed by atoms with Gasteiger partial charge in [0.25, 0.3) is 0 Å². The zero-order valence-electron chi connectivity index (χ0n) is 11.8. The van der Waals surface area contributed by atoms with Crippen molar-refractivity contribution in [3.05, 3.63) is 29.8 Å². The Labute approximate surface area is 120 Å². The molecular formula is C14H22N2O3S. The first-order chi connectivity index (χ1) is 9.54. The molecule has 6 heteroatoms. The van der Waals surface area contributed by atoms with Crippen molar-refractivity contribution in [2.24, 2.45) is 5.73 Å². The van der Waals surface area contributed by atoms with E-state index < -0.39 is 10.0 Å². The van der Waals surface area contributed by atoms with Gasteiger partial charge in [-0.3, -0.25) is 0 Å². The molecule has 0 amide bonds. The van der Waals surface area contributed by atoms with Crippen molar-refractivity contribution in [2.45, 2.75) is 30.2 Å². The van der Waals surface area contributed by atoms with Crippen LogP contribution in [0.5, 0.6) is 0 Å². The molecule has 1 aromatic rings. The van der Waals surface area contributed by atoms with Gasteiger partial charge in [-0.2, -0.15) is 4.31 Å². The van der Waals surface area contributed by atoms with E-state index in [2.05, 4.69) is 0 Å². The fraction of sp³-hybridized carbons (Fsp3) is 0.571. The normalized spacial score (nSPS) is 21.0. The number of nitrogens with two attached hydrogens (primary N) is 1. The third kappa shape index (κ3) is 3.58. The summed E-state index contributed by atoms with van der Waals surface area (Å²) in [5, 5.41) is 0. The van der Waals surface area contributed by atoms with Crippen molar-refractivity contribution in [1.82, 2.24) is 4.31 Å². The molecule has 1 aliphatic heterocycles. The summed E-state index contributed by atoms with van der Waals surface area (Å²) in [4.78, 5) is 0.341. The second kappa shape index (κ2) is 6.67. The highest BCUT2D eigenvalue weighted by Gasteiger charge is 2.28. The summed E-state index contributed by atoms with van der Waals surface area (Å²) in [6.07, 6.45) is 2.50. The Morgan fingerprint density at radius 2 is 2.05 bits per heavy atom. The summed E-state index contributed by atoms with van der Waals surface area (Å²) < 4.78 is 31.5. The molecule has 2 rings (SSSR count). The minimum Gasteiger partial charge on any atom is -0.384 e. The Balaban J connectivity index is 2.12. The van der Waals surface area contributed by atoms with Crippen LogP contribution in [0.1, 0.15) is 18.4 Å². The van der Waals surface area contributed by atoms with Gasteiger partial charge in [0, 0.05) is 26.2 Å². The number of benzene rings is 1. The lowest BCUT2D eigenvalue weighted by atomic mass is 10.1. The lowest BCUT2D eigenvalue weighted by molar-refractivity contribution is 0.202. The standard InChI is InChI=1S/C14H22N2O3S/c1-19-10-8-12-4-6-14(7-5-12)20(17,18)16-9-2-3-13(15)11-16/h4-7,13H,2-3,8-11,15H2,1H3. The Kier molecular flexibility index (Phi) is 5.15. The molecule has 0 radical (unpaired) electrons. The molecule has 1 atom stereocenters. The molecule has 0 saturated carbocycles. The molecule has 0 aromatic heterocycles. The smallest absolute Gasteiger partial charge is 0.243 e. The number of rotatable bonds is 5.